The molecule has 1 saturated carbocycles. The van der Waals surface area contributed by atoms with Gasteiger partial charge in [0.2, 0.25) is 6.29 Å². The Hall–Kier alpha value is -2.09. The summed E-state index contributed by atoms with van der Waals surface area (Å²) < 4.78 is 27.6. The van der Waals surface area contributed by atoms with Gasteiger partial charge in [-0.25, -0.2) is 0 Å². The van der Waals surface area contributed by atoms with Gasteiger partial charge in [0.1, 0.15) is 11.7 Å². The monoisotopic (exact) mass is 424 g/mol. The first-order chi connectivity index (χ1) is 14.2. The molecule has 8 heteroatoms. The second-order valence-electron chi connectivity index (χ2n) is 9.01. The Balaban J connectivity index is 1.48. The Morgan fingerprint density at radius 3 is 2.50 bits per heavy atom. The number of epoxide rings is 1. The fourth-order valence-electron chi connectivity index (χ4n) is 4.35. The molecule has 0 bridgehead atoms. The van der Waals surface area contributed by atoms with E-state index in [2.05, 4.69) is 0 Å². The summed E-state index contributed by atoms with van der Waals surface area (Å²) in [6.45, 7) is 7.96. The molecule has 0 aromatic rings. The first-order valence-electron chi connectivity index (χ1n) is 10.7. The number of carbonyl (C=O) groups is 3. The van der Waals surface area contributed by atoms with Crippen LogP contribution in [0.5, 0.6) is 0 Å². The predicted octanol–water partition coefficient (Wildman–Crippen LogP) is 2.74. The van der Waals surface area contributed by atoms with Crippen molar-refractivity contribution in [1.82, 2.24) is 0 Å². The lowest BCUT2D eigenvalue weighted by Crippen LogP contribution is -2.43. The van der Waals surface area contributed by atoms with Crippen molar-refractivity contribution in [2.45, 2.75) is 71.4 Å². The van der Waals surface area contributed by atoms with Gasteiger partial charge in [-0.05, 0) is 36.7 Å². The van der Waals surface area contributed by atoms with Crippen LogP contribution in [0.3, 0.4) is 0 Å². The van der Waals surface area contributed by atoms with Gasteiger partial charge in [-0.1, -0.05) is 20.8 Å². The van der Waals surface area contributed by atoms with Gasteiger partial charge >= 0.3 is 17.9 Å². The van der Waals surface area contributed by atoms with Crippen molar-refractivity contribution in [1.29, 1.82) is 0 Å². The maximum atomic E-state index is 12.5. The van der Waals surface area contributed by atoms with Crippen LogP contribution in [-0.2, 0) is 38.1 Å². The Morgan fingerprint density at radius 2 is 1.87 bits per heavy atom. The third-order valence-electron chi connectivity index (χ3n) is 5.89. The molecule has 0 aromatic carbocycles. The number of rotatable bonds is 9. The van der Waals surface area contributed by atoms with Gasteiger partial charge < -0.3 is 23.7 Å². The third-order valence-corrected chi connectivity index (χ3v) is 5.89. The highest BCUT2D eigenvalue weighted by atomic mass is 16.7. The molecule has 2 heterocycles. The van der Waals surface area contributed by atoms with E-state index in [4.69, 9.17) is 23.7 Å². The van der Waals surface area contributed by atoms with E-state index < -0.39 is 11.9 Å². The van der Waals surface area contributed by atoms with Gasteiger partial charge in [0, 0.05) is 19.8 Å². The first-order valence-corrected chi connectivity index (χ1v) is 10.7. The van der Waals surface area contributed by atoms with Gasteiger partial charge in [0.25, 0.3) is 0 Å². The molecular formula is C22H32O8. The van der Waals surface area contributed by atoms with Crippen LogP contribution in [0.2, 0.25) is 0 Å². The summed E-state index contributed by atoms with van der Waals surface area (Å²) in [7, 11) is 0. The molecule has 168 valence electrons. The molecule has 2 aliphatic heterocycles. The Kier molecular flexibility index (Phi) is 7.06. The second kappa shape index (κ2) is 9.37. The fourth-order valence-corrected chi connectivity index (χ4v) is 4.35. The van der Waals surface area contributed by atoms with Crippen molar-refractivity contribution in [2.75, 3.05) is 13.2 Å². The predicted molar refractivity (Wildman–Crippen MR) is 105 cm³/mol. The van der Waals surface area contributed by atoms with Crippen LogP contribution in [0.15, 0.2) is 12.3 Å². The van der Waals surface area contributed by atoms with Crippen molar-refractivity contribution in [3.05, 3.63) is 12.3 Å². The molecule has 0 N–H and O–H groups in total. The van der Waals surface area contributed by atoms with Crippen LogP contribution < -0.4 is 0 Å². The van der Waals surface area contributed by atoms with E-state index in [0.717, 1.165) is 0 Å². The number of hydrogen-bond donors (Lipinski definition) is 0. The van der Waals surface area contributed by atoms with Gasteiger partial charge in [-0.15, -0.1) is 0 Å². The highest BCUT2D eigenvalue weighted by molar-refractivity contribution is 5.70. The molecule has 30 heavy (non-hydrogen) atoms. The fraction of sp³-hybridized carbons (Fsp3) is 0.773. The normalized spacial score (nSPS) is 32.3. The molecule has 1 spiro atoms. The minimum absolute atomic E-state index is 0.00258. The molecule has 6 atom stereocenters. The van der Waals surface area contributed by atoms with Crippen molar-refractivity contribution >= 4 is 17.9 Å². The maximum Gasteiger partial charge on any atom is 0.309 e. The van der Waals surface area contributed by atoms with E-state index in [1.807, 2.05) is 26.8 Å². The molecule has 2 fully saturated rings. The molecular weight excluding hydrogens is 392 g/mol. The van der Waals surface area contributed by atoms with Crippen LogP contribution in [0, 0.1) is 23.7 Å². The lowest BCUT2D eigenvalue weighted by Gasteiger charge is -2.32. The summed E-state index contributed by atoms with van der Waals surface area (Å²) >= 11 is 0. The topological polar surface area (TPSA) is 101 Å². The SMILES string of the molecule is CC(=O)O[C@H]1C[C@H]2C=CO[C@@H](OC(=O)CC(C)CCOC(=O)CC(C)C)[C@@H]2C12CO2. The zero-order valence-corrected chi connectivity index (χ0v) is 18.1. The quantitative estimate of drug-likeness (QED) is 0.316. The second-order valence-corrected chi connectivity index (χ2v) is 9.01. The third kappa shape index (κ3) is 5.33. The number of ether oxygens (including phenoxy) is 5. The molecule has 1 aliphatic carbocycles. The van der Waals surface area contributed by atoms with E-state index in [1.54, 1.807) is 6.26 Å². The van der Waals surface area contributed by atoms with E-state index in [1.165, 1.54) is 6.92 Å². The average Bonchev–Trinajstić information content (AvgIpc) is 3.35. The molecule has 3 aliphatic rings. The molecule has 3 rings (SSSR count). The minimum atomic E-state index is -0.772. The van der Waals surface area contributed by atoms with Gasteiger partial charge in [-0.3, -0.25) is 14.4 Å². The van der Waals surface area contributed by atoms with Crippen molar-refractivity contribution < 1.29 is 38.1 Å². The zero-order valence-electron chi connectivity index (χ0n) is 18.1. The molecule has 0 aromatic heterocycles. The molecule has 2 unspecified atom stereocenters. The van der Waals surface area contributed by atoms with Gasteiger partial charge in [0.15, 0.2) is 0 Å². The zero-order chi connectivity index (χ0) is 21.9. The molecule has 1 saturated heterocycles. The summed E-state index contributed by atoms with van der Waals surface area (Å²) in [5.41, 5.74) is -0.637. The van der Waals surface area contributed by atoms with Crippen LogP contribution in [0.25, 0.3) is 0 Å². The van der Waals surface area contributed by atoms with Crippen molar-refractivity contribution in [3.63, 3.8) is 0 Å². The van der Waals surface area contributed by atoms with Crippen LogP contribution in [0.4, 0.5) is 0 Å². The van der Waals surface area contributed by atoms with E-state index in [0.29, 0.717) is 25.9 Å². The maximum absolute atomic E-state index is 12.5. The summed E-state index contributed by atoms with van der Waals surface area (Å²) in [4.78, 5) is 35.5. The van der Waals surface area contributed by atoms with E-state index in [-0.39, 0.29) is 60.7 Å². The molecule has 0 amide bonds. The smallest absolute Gasteiger partial charge is 0.309 e. The standard InChI is InChI=1S/C22H32O8/c1-13(2)9-18(24)26-7-5-14(3)10-19(25)30-21-20-16(6-8-27-21)11-17(29-15(4)23)22(20)12-28-22/h6,8,13-14,16-17,20-21H,5,7,9-12H2,1-4H3/t14?,16-,17+,20-,21+,22?/m1/s1. The van der Waals surface area contributed by atoms with Crippen LogP contribution in [-0.4, -0.2) is 49.1 Å². The molecule has 0 radical (unpaired) electrons. The largest absolute Gasteiger partial charge is 0.466 e. The summed E-state index contributed by atoms with van der Waals surface area (Å²) in [6, 6.07) is 0. The summed E-state index contributed by atoms with van der Waals surface area (Å²) in [5.74, 6) is -0.830. The number of allylic oxidation sites excluding steroid dienone is 1. The summed E-state index contributed by atoms with van der Waals surface area (Å²) in [5, 5.41) is 0. The number of carbonyl (C=O) groups excluding carboxylic acids is 3. The van der Waals surface area contributed by atoms with Gasteiger partial charge in [-0.2, -0.15) is 0 Å². The average molecular weight is 424 g/mol. The first kappa shape index (κ1) is 22.6. The number of esters is 3. The summed E-state index contributed by atoms with van der Waals surface area (Å²) in [6.07, 6.45) is 4.12. The Morgan fingerprint density at radius 1 is 1.13 bits per heavy atom. The number of fused-ring (bicyclic) bond motifs is 2. The Bertz CT molecular complexity index is 681. The minimum Gasteiger partial charge on any atom is -0.466 e. The van der Waals surface area contributed by atoms with Crippen molar-refractivity contribution in [3.8, 4) is 0 Å². The highest BCUT2D eigenvalue weighted by Gasteiger charge is 2.69. The Labute approximate surface area is 177 Å². The van der Waals surface area contributed by atoms with E-state index in [9.17, 15) is 14.4 Å². The lowest BCUT2D eigenvalue weighted by atomic mass is 9.87. The van der Waals surface area contributed by atoms with E-state index >= 15 is 0 Å². The van der Waals surface area contributed by atoms with Crippen LogP contribution >= 0.6 is 0 Å². The van der Waals surface area contributed by atoms with Crippen LogP contribution in [0.1, 0.15) is 53.4 Å². The molecule has 8 nitrogen and oxygen atoms in total. The lowest BCUT2D eigenvalue weighted by molar-refractivity contribution is -0.191. The van der Waals surface area contributed by atoms with Crippen molar-refractivity contribution in [2.24, 2.45) is 23.7 Å². The van der Waals surface area contributed by atoms with Gasteiger partial charge in [0.05, 0.1) is 25.4 Å². The highest BCUT2D eigenvalue weighted by Crippen LogP contribution is 2.56. The number of hydrogen-bond acceptors (Lipinski definition) is 8.